The third kappa shape index (κ3) is 2.34. The van der Waals surface area contributed by atoms with Crippen molar-refractivity contribution in [1.82, 2.24) is 4.98 Å². The van der Waals surface area contributed by atoms with E-state index in [9.17, 15) is 0 Å². The van der Waals surface area contributed by atoms with Crippen LogP contribution in [0.3, 0.4) is 0 Å². The summed E-state index contributed by atoms with van der Waals surface area (Å²) in [6.07, 6.45) is 5.70. The Balaban J connectivity index is 2.94. The molecule has 0 aliphatic heterocycles. The number of nitrogens with zero attached hydrogens (tertiary/aromatic N) is 1. The lowest BCUT2D eigenvalue weighted by Crippen LogP contribution is -2.20. The van der Waals surface area contributed by atoms with Crippen LogP contribution in [-0.2, 0) is 5.41 Å². The van der Waals surface area contributed by atoms with E-state index < -0.39 is 0 Å². The molecule has 1 aromatic heterocycles. The van der Waals surface area contributed by atoms with Gasteiger partial charge in [-0.3, -0.25) is 4.98 Å². The Morgan fingerprint density at radius 1 is 1.29 bits per heavy atom. The Labute approximate surface area is 87.6 Å². The standard InChI is InChI=1S/C13H21N/c1-5-9-13(4,6-2)12-8-7-11(3)14-10-12/h7-8,10H,5-6,9H2,1-4H3. The molecule has 1 unspecified atom stereocenters. The van der Waals surface area contributed by atoms with Crippen LogP contribution in [0.1, 0.15) is 51.3 Å². The number of hydrogen-bond acceptors (Lipinski definition) is 1. The largest absolute Gasteiger partial charge is 0.261 e. The average molecular weight is 191 g/mol. The first-order valence-electron chi connectivity index (χ1n) is 5.55. The first-order chi connectivity index (χ1) is 6.62. The molecule has 0 amide bonds. The van der Waals surface area contributed by atoms with E-state index in [0.717, 1.165) is 5.69 Å². The van der Waals surface area contributed by atoms with Gasteiger partial charge in [0.1, 0.15) is 0 Å². The Morgan fingerprint density at radius 2 is 2.00 bits per heavy atom. The molecule has 0 aliphatic rings. The van der Waals surface area contributed by atoms with Gasteiger partial charge in [0.25, 0.3) is 0 Å². The molecule has 0 fully saturated rings. The molecule has 1 rings (SSSR count). The number of pyridine rings is 1. The van der Waals surface area contributed by atoms with Crippen molar-refractivity contribution in [2.75, 3.05) is 0 Å². The predicted molar refractivity (Wildman–Crippen MR) is 61.5 cm³/mol. The summed E-state index contributed by atoms with van der Waals surface area (Å²) in [4.78, 5) is 4.38. The molecule has 14 heavy (non-hydrogen) atoms. The van der Waals surface area contributed by atoms with Crippen LogP contribution < -0.4 is 0 Å². The smallest absolute Gasteiger partial charge is 0.0372 e. The maximum absolute atomic E-state index is 4.38. The molecule has 1 nitrogen and oxygen atoms in total. The number of hydrogen-bond donors (Lipinski definition) is 0. The van der Waals surface area contributed by atoms with Gasteiger partial charge < -0.3 is 0 Å². The van der Waals surface area contributed by atoms with Gasteiger partial charge in [0, 0.05) is 11.9 Å². The van der Waals surface area contributed by atoms with Gasteiger partial charge in [-0.2, -0.15) is 0 Å². The van der Waals surface area contributed by atoms with E-state index in [1.165, 1.54) is 24.8 Å². The van der Waals surface area contributed by atoms with E-state index in [-0.39, 0.29) is 0 Å². The second-order valence-corrected chi connectivity index (χ2v) is 4.35. The highest BCUT2D eigenvalue weighted by Gasteiger charge is 2.23. The molecule has 0 bridgehead atoms. The Bertz CT molecular complexity index is 276. The van der Waals surface area contributed by atoms with Gasteiger partial charge in [0.2, 0.25) is 0 Å². The van der Waals surface area contributed by atoms with Gasteiger partial charge in [0.05, 0.1) is 0 Å². The lowest BCUT2D eigenvalue weighted by atomic mass is 9.77. The van der Waals surface area contributed by atoms with Crippen molar-refractivity contribution in [2.45, 2.75) is 52.4 Å². The first kappa shape index (κ1) is 11.2. The van der Waals surface area contributed by atoms with E-state index in [1.807, 2.05) is 13.1 Å². The zero-order valence-corrected chi connectivity index (χ0v) is 9.80. The number of aryl methyl sites for hydroxylation is 1. The van der Waals surface area contributed by atoms with Crippen LogP contribution in [0.15, 0.2) is 18.3 Å². The molecule has 0 aliphatic carbocycles. The quantitative estimate of drug-likeness (QED) is 0.704. The highest BCUT2D eigenvalue weighted by Crippen LogP contribution is 2.31. The van der Waals surface area contributed by atoms with Crippen LogP contribution in [0.5, 0.6) is 0 Å². The molecule has 0 spiro atoms. The average Bonchev–Trinajstić information content (AvgIpc) is 2.19. The van der Waals surface area contributed by atoms with Crippen molar-refractivity contribution in [1.29, 1.82) is 0 Å². The van der Waals surface area contributed by atoms with Gasteiger partial charge in [-0.1, -0.05) is 33.3 Å². The summed E-state index contributed by atoms with van der Waals surface area (Å²) in [5.74, 6) is 0. The van der Waals surface area contributed by atoms with Gasteiger partial charge in [0.15, 0.2) is 0 Å². The molecule has 0 saturated heterocycles. The molecule has 1 heterocycles. The molecule has 1 atom stereocenters. The molecule has 0 aromatic carbocycles. The lowest BCUT2D eigenvalue weighted by molar-refractivity contribution is 0.412. The van der Waals surface area contributed by atoms with Gasteiger partial charge in [-0.15, -0.1) is 0 Å². The maximum atomic E-state index is 4.38. The van der Waals surface area contributed by atoms with Crippen LogP contribution in [-0.4, -0.2) is 4.98 Å². The van der Waals surface area contributed by atoms with Crippen molar-refractivity contribution in [3.05, 3.63) is 29.6 Å². The second kappa shape index (κ2) is 4.59. The van der Waals surface area contributed by atoms with E-state index in [2.05, 4.69) is 37.9 Å². The molecule has 1 heteroatoms. The fourth-order valence-corrected chi connectivity index (χ4v) is 1.90. The monoisotopic (exact) mass is 191 g/mol. The SMILES string of the molecule is CCCC(C)(CC)c1ccc(C)nc1. The van der Waals surface area contributed by atoms with Crippen LogP contribution in [0.4, 0.5) is 0 Å². The van der Waals surface area contributed by atoms with Crippen molar-refractivity contribution >= 4 is 0 Å². The Kier molecular flexibility index (Phi) is 3.68. The van der Waals surface area contributed by atoms with Crippen LogP contribution in [0.25, 0.3) is 0 Å². The Morgan fingerprint density at radius 3 is 2.43 bits per heavy atom. The minimum absolute atomic E-state index is 0.315. The third-order valence-corrected chi connectivity index (χ3v) is 3.19. The van der Waals surface area contributed by atoms with E-state index in [1.54, 1.807) is 0 Å². The Hall–Kier alpha value is -0.850. The summed E-state index contributed by atoms with van der Waals surface area (Å²) in [6, 6.07) is 4.33. The van der Waals surface area contributed by atoms with Gasteiger partial charge in [-0.25, -0.2) is 0 Å². The highest BCUT2D eigenvalue weighted by molar-refractivity contribution is 5.22. The summed E-state index contributed by atoms with van der Waals surface area (Å²) >= 11 is 0. The maximum Gasteiger partial charge on any atom is 0.0372 e. The summed E-state index contributed by atoms with van der Waals surface area (Å²) < 4.78 is 0. The first-order valence-corrected chi connectivity index (χ1v) is 5.55. The lowest BCUT2D eigenvalue weighted by Gasteiger charge is -2.28. The molecular formula is C13H21N. The number of aromatic nitrogens is 1. The van der Waals surface area contributed by atoms with E-state index >= 15 is 0 Å². The molecule has 1 aromatic rings. The van der Waals surface area contributed by atoms with Crippen LogP contribution >= 0.6 is 0 Å². The highest BCUT2D eigenvalue weighted by atomic mass is 14.7. The van der Waals surface area contributed by atoms with Gasteiger partial charge in [-0.05, 0) is 36.8 Å². The van der Waals surface area contributed by atoms with Crippen molar-refractivity contribution in [3.63, 3.8) is 0 Å². The topological polar surface area (TPSA) is 12.9 Å². The minimum Gasteiger partial charge on any atom is -0.261 e. The van der Waals surface area contributed by atoms with Crippen LogP contribution in [0.2, 0.25) is 0 Å². The summed E-state index contributed by atoms with van der Waals surface area (Å²) in [6.45, 7) is 8.88. The second-order valence-electron chi connectivity index (χ2n) is 4.35. The van der Waals surface area contributed by atoms with Crippen molar-refractivity contribution in [3.8, 4) is 0 Å². The van der Waals surface area contributed by atoms with E-state index in [4.69, 9.17) is 0 Å². The summed E-state index contributed by atoms with van der Waals surface area (Å²) in [5.41, 5.74) is 2.80. The molecule has 0 radical (unpaired) electrons. The fraction of sp³-hybridized carbons (Fsp3) is 0.615. The zero-order chi connectivity index (χ0) is 10.6. The zero-order valence-electron chi connectivity index (χ0n) is 9.80. The van der Waals surface area contributed by atoms with Gasteiger partial charge >= 0.3 is 0 Å². The van der Waals surface area contributed by atoms with Crippen molar-refractivity contribution in [2.24, 2.45) is 0 Å². The molecule has 78 valence electrons. The third-order valence-electron chi connectivity index (χ3n) is 3.19. The molecule has 0 saturated carbocycles. The normalized spacial score (nSPS) is 15.1. The summed E-state index contributed by atoms with van der Waals surface area (Å²) in [5, 5.41) is 0. The predicted octanol–water partition coefficient (Wildman–Crippen LogP) is 3.86. The molecular weight excluding hydrogens is 170 g/mol. The minimum atomic E-state index is 0.315. The van der Waals surface area contributed by atoms with Crippen molar-refractivity contribution < 1.29 is 0 Å². The number of rotatable bonds is 4. The molecule has 0 N–H and O–H groups in total. The van der Waals surface area contributed by atoms with Crippen LogP contribution in [0, 0.1) is 6.92 Å². The fourth-order valence-electron chi connectivity index (χ4n) is 1.90. The summed E-state index contributed by atoms with van der Waals surface area (Å²) in [7, 11) is 0. The van der Waals surface area contributed by atoms with E-state index in [0.29, 0.717) is 5.41 Å².